The minimum Gasteiger partial charge on any atom is -0.394 e. The Morgan fingerprint density at radius 2 is 1.14 bits per heavy atom. The second-order valence-electron chi connectivity index (χ2n) is 18.1. The highest BCUT2D eigenvalue weighted by Gasteiger charge is 2.43. The van der Waals surface area contributed by atoms with Crippen LogP contribution in [0.1, 0.15) is 213 Å². The van der Waals surface area contributed by atoms with E-state index in [0.29, 0.717) is 6.42 Å². The Morgan fingerprint density at radius 3 is 1.61 bits per heavy atom. The number of ether oxygens (including phenoxy) is 2. The molecular weight excluding hydrogens is 749 g/mol. The number of aliphatic hydroxyl groups is 6. The average molecular weight is 843 g/mol. The largest absolute Gasteiger partial charge is 0.394 e. The van der Waals surface area contributed by atoms with Crippen LogP contribution in [0, 0.1) is 5.92 Å². The zero-order valence-electron chi connectivity index (χ0n) is 38.0. The summed E-state index contributed by atoms with van der Waals surface area (Å²) in [5.74, 6) is 0.107. The van der Waals surface area contributed by atoms with Crippen LogP contribution in [0.5, 0.6) is 0 Å². The van der Waals surface area contributed by atoms with Crippen molar-refractivity contribution in [3.05, 3.63) is 12.2 Å². The summed E-state index contributed by atoms with van der Waals surface area (Å²) in [5, 5.41) is 65.6. The molecule has 1 fully saturated rings. The van der Waals surface area contributed by atoms with E-state index in [1.54, 1.807) is 0 Å². The second-order valence-corrected chi connectivity index (χ2v) is 18.1. The first kappa shape index (κ1) is 55.9. The molecule has 0 bridgehead atoms. The van der Waals surface area contributed by atoms with Crippen LogP contribution in [-0.4, -0.2) is 105 Å². The molecule has 0 unspecified atom stereocenters. The summed E-state index contributed by atoms with van der Waals surface area (Å²) in [7, 11) is 0. The molecule has 0 aromatic rings. The van der Waals surface area contributed by atoms with Crippen molar-refractivity contribution >= 4 is 5.91 Å². The monoisotopic (exact) mass is 843 g/mol. The number of rotatable bonds is 40. The highest BCUT2D eigenvalue weighted by Crippen LogP contribution is 2.22. The first-order valence-corrected chi connectivity index (χ1v) is 24.5. The van der Waals surface area contributed by atoms with Gasteiger partial charge in [-0.15, -0.1) is 0 Å². The number of nitrogens with two attached hydrogens (primary N) is 1. The molecular formula is C48H94N2O9. The van der Waals surface area contributed by atoms with Gasteiger partial charge in [0.05, 0.1) is 31.4 Å². The number of hydrogen-bond acceptors (Lipinski definition) is 10. The summed E-state index contributed by atoms with van der Waals surface area (Å²) in [6.45, 7) is 5.88. The Morgan fingerprint density at radius 1 is 0.678 bits per heavy atom. The van der Waals surface area contributed by atoms with Crippen molar-refractivity contribution < 1.29 is 44.9 Å². The summed E-state index contributed by atoms with van der Waals surface area (Å²) >= 11 is 0. The molecule has 0 radical (unpaired) electrons. The van der Waals surface area contributed by atoms with Crippen LogP contribution in [-0.2, 0) is 14.3 Å². The molecule has 1 saturated heterocycles. The Labute approximate surface area is 360 Å². The minimum atomic E-state index is -1.45. The number of hydrogen-bond donors (Lipinski definition) is 8. The lowest BCUT2D eigenvalue weighted by Gasteiger charge is -2.41. The Kier molecular flexibility index (Phi) is 35.4. The lowest BCUT2D eigenvalue weighted by atomic mass is 9.97. The van der Waals surface area contributed by atoms with Crippen LogP contribution in [0.4, 0.5) is 0 Å². The van der Waals surface area contributed by atoms with Crippen LogP contribution in [0.3, 0.4) is 0 Å². The number of nitrogens with one attached hydrogen (secondary N) is 1. The zero-order valence-corrected chi connectivity index (χ0v) is 38.0. The van der Waals surface area contributed by atoms with E-state index in [1.165, 1.54) is 135 Å². The topological polar surface area (TPSA) is 195 Å². The van der Waals surface area contributed by atoms with E-state index in [-0.39, 0.29) is 19.4 Å². The highest BCUT2D eigenvalue weighted by molar-refractivity contribution is 5.80. The van der Waals surface area contributed by atoms with Crippen molar-refractivity contribution in [2.75, 3.05) is 13.2 Å². The van der Waals surface area contributed by atoms with Gasteiger partial charge >= 0.3 is 0 Å². The highest BCUT2D eigenvalue weighted by atomic mass is 16.7. The number of unbranched alkanes of at least 4 members (excludes halogenated alkanes) is 25. The van der Waals surface area contributed by atoms with Gasteiger partial charge < -0.3 is 51.2 Å². The Bertz CT molecular complexity index is 986. The van der Waals surface area contributed by atoms with Crippen molar-refractivity contribution in [1.82, 2.24) is 5.32 Å². The third kappa shape index (κ3) is 28.2. The van der Waals surface area contributed by atoms with Gasteiger partial charge in [0, 0.05) is 0 Å². The van der Waals surface area contributed by atoms with E-state index in [4.69, 9.17) is 15.2 Å². The Hall–Kier alpha value is -1.15. The molecule has 59 heavy (non-hydrogen) atoms. The molecule has 0 aromatic carbocycles. The summed E-state index contributed by atoms with van der Waals surface area (Å²) in [6, 6.07) is -2.31. The number of carbonyl (C=O) groups excluding carboxylic acids is 1. The van der Waals surface area contributed by atoms with Crippen LogP contribution < -0.4 is 11.1 Å². The van der Waals surface area contributed by atoms with Crippen molar-refractivity contribution in [3.8, 4) is 0 Å². The fourth-order valence-electron chi connectivity index (χ4n) is 7.96. The molecule has 0 saturated carbocycles. The standard InChI is InChI=1S/C48H94N2O9/c1-4-5-6-7-8-9-10-11-12-13-14-15-16-19-23-26-29-32-35-41(53)47(57)50-39(37-58-48-43(49)46(56)45(55)42(36-51)59-48)44(54)40(52)34-31-28-25-22-20-17-18-21-24-27-30-33-38(2)3/h28,31,38-46,48,51-56H,4-27,29-30,32-37,49H2,1-3H3,(H,50,57)/b31-28+/t39-,40-,41-,42-,43-,44+,45-,46+,48+/m1/s1. The summed E-state index contributed by atoms with van der Waals surface area (Å²) in [5.41, 5.74) is 6.03. The molecule has 1 amide bonds. The fraction of sp³-hybridized carbons (Fsp3) is 0.938. The molecule has 1 rings (SSSR count). The molecule has 350 valence electrons. The molecule has 11 heteroatoms. The molecule has 9 atom stereocenters. The zero-order chi connectivity index (χ0) is 43.5. The van der Waals surface area contributed by atoms with Gasteiger partial charge in [0.15, 0.2) is 6.29 Å². The van der Waals surface area contributed by atoms with E-state index >= 15 is 0 Å². The minimum absolute atomic E-state index is 0.155. The smallest absolute Gasteiger partial charge is 0.249 e. The van der Waals surface area contributed by atoms with Crippen molar-refractivity contribution in [3.63, 3.8) is 0 Å². The van der Waals surface area contributed by atoms with Gasteiger partial charge in [-0.2, -0.15) is 0 Å². The van der Waals surface area contributed by atoms with Gasteiger partial charge in [-0.1, -0.05) is 200 Å². The maximum Gasteiger partial charge on any atom is 0.249 e. The molecule has 11 nitrogen and oxygen atoms in total. The molecule has 1 aliphatic rings. The van der Waals surface area contributed by atoms with Crippen molar-refractivity contribution in [2.45, 2.75) is 268 Å². The Balaban J connectivity index is 2.43. The maximum atomic E-state index is 13.1. The van der Waals surface area contributed by atoms with Gasteiger partial charge in [0.1, 0.15) is 30.5 Å². The van der Waals surface area contributed by atoms with Gasteiger partial charge in [-0.25, -0.2) is 0 Å². The summed E-state index contributed by atoms with van der Waals surface area (Å²) < 4.78 is 11.3. The summed E-state index contributed by atoms with van der Waals surface area (Å²) in [6.07, 6.45) is 29.8. The molecule has 0 aromatic heterocycles. The van der Waals surface area contributed by atoms with Gasteiger partial charge in [-0.3, -0.25) is 4.79 Å². The van der Waals surface area contributed by atoms with E-state index in [9.17, 15) is 35.4 Å². The summed E-state index contributed by atoms with van der Waals surface area (Å²) in [4.78, 5) is 13.1. The molecule has 9 N–H and O–H groups in total. The third-order valence-corrected chi connectivity index (χ3v) is 12.1. The predicted octanol–water partition coefficient (Wildman–Crippen LogP) is 8.27. The normalized spacial score (nSPS) is 21.9. The van der Waals surface area contributed by atoms with Crippen molar-refractivity contribution in [2.24, 2.45) is 11.7 Å². The van der Waals surface area contributed by atoms with Crippen LogP contribution in [0.2, 0.25) is 0 Å². The van der Waals surface area contributed by atoms with E-state index in [1.807, 2.05) is 12.2 Å². The lowest BCUT2D eigenvalue weighted by molar-refractivity contribution is -0.268. The third-order valence-electron chi connectivity index (χ3n) is 12.1. The van der Waals surface area contributed by atoms with E-state index in [0.717, 1.165) is 44.4 Å². The molecule has 0 aliphatic carbocycles. The fourth-order valence-corrected chi connectivity index (χ4v) is 7.96. The quantitative estimate of drug-likeness (QED) is 0.0220. The molecule has 1 heterocycles. The number of allylic oxidation sites excluding steroid dienone is 1. The predicted molar refractivity (Wildman–Crippen MR) is 240 cm³/mol. The van der Waals surface area contributed by atoms with Crippen LogP contribution in [0.15, 0.2) is 12.2 Å². The lowest BCUT2D eigenvalue weighted by Crippen LogP contribution is -2.63. The number of carbonyl (C=O) groups is 1. The van der Waals surface area contributed by atoms with Crippen LogP contribution in [0.25, 0.3) is 0 Å². The average Bonchev–Trinajstić information content (AvgIpc) is 3.22. The number of amides is 1. The first-order valence-electron chi connectivity index (χ1n) is 24.5. The molecule has 1 aliphatic heterocycles. The number of aliphatic hydroxyl groups excluding tert-OH is 6. The van der Waals surface area contributed by atoms with Crippen molar-refractivity contribution in [1.29, 1.82) is 0 Å². The van der Waals surface area contributed by atoms with E-state index < -0.39 is 67.5 Å². The SMILES string of the molecule is CCCCCCCCCCCCCCCCCCCC[C@@H](O)C(=O)N[C@H](CO[C@H]1O[C@H](CO)[C@@H](O)[C@@H](O)[C@H]1N)[C@H](O)[C@H](O)C/C=C/CCCCCCCCCCC(C)C. The second kappa shape index (κ2) is 37.4. The molecule has 0 spiro atoms. The first-order chi connectivity index (χ1) is 28.5. The van der Waals surface area contributed by atoms with Gasteiger partial charge in [0.25, 0.3) is 0 Å². The van der Waals surface area contributed by atoms with Crippen LogP contribution >= 0.6 is 0 Å². The maximum absolute atomic E-state index is 13.1. The van der Waals surface area contributed by atoms with Gasteiger partial charge in [-0.05, 0) is 31.6 Å². The van der Waals surface area contributed by atoms with Gasteiger partial charge in [0.2, 0.25) is 5.91 Å². The van der Waals surface area contributed by atoms with E-state index in [2.05, 4.69) is 26.1 Å².